The summed E-state index contributed by atoms with van der Waals surface area (Å²) in [7, 11) is 0. The summed E-state index contributed by atoms with van der Waals surface area (Å²) in [5.74, 6) is -1.40. The molecule has 3 amide bonds. The first-order chi connectivity index (χ1) is 20.4. The van der Waals surface area contributed by atoms with Crippen LogP contribution in [0.15, 0.2) is 72.8 Å². The molecule has 3 aromatic carbocycles. The van der Waals surface area contributed by atoms with Gasteiger partial charge in [0.05, 0.1) is 16.6 Å². The van der Waals surface area contributed by atoms with Gasteiger partial charge in [-0.2, -0.15) is 0 Å². The van der Waals surface area contributed by atoms with E-state index in [2.05, 4.69) is 17.6 Å². The standard InChI is InChI=1S/C34H39N3O4S/c1-33-17-18-34(42-33)28(27(33)30(39)35-22-23-11-5-4-6-12-23)32(41)37(19-9-2-3-10-20-38)29(34)31(40)36-26-16-15-24-13-7-8-14-25(24)21-26/h4-8,11-16,21,27-29,38H,2-3,9-10,17-20,22H2,1H3,(H,35,39)(H,36,40)/t27-,28-,29?,33+,34?/m0/s1. The molecule has 0 aliphatic carbocycles. The molecule has 3 saturated heterocycles. The van der Waals surface area contributed by atoms with Crippen molar-refractivity contribution < 1.29 is 19.5 Å². The topological polar surface area (TPSA) is 98.7 Å². The number of nitrogens with one attached hydrogen (secondary N) is 2. The average molecular weight is 586 g/mol. The van der Waals surface area contributed by atoms with Gasteiger partial charge in [0.1, 0.15) is 6.04 Å². The number of unbranched alkanes of at least 4 members (excludes halogenated alkanes) is 3. The van der Waals surface area contributed by atoms with Crippen LogP contribution in [0.25, 0.3) is 10.8 Å². The molecule has 0 radical (unpaired) electrons. The Labute approximate surface area is 251 Å². The van der Waals surface area contributed by atoms with Gasteiger partial charge in [-0.25, -0.2) is 0 Å². The first-order valence-corrected chi connectivity index (χ1v) is 15.9. The molecule has 7 nitrogen and oxygen atoms in total. The minimum Gasteiger partial charge on any atom is -0.396 e. The normalized spacial score (nSPS) is 27.8. The number of likely N-dealkylation sites (tertiary alicyclic amines) is 1. The first kappa shape index (κ1) is 28.7. The number of fused-ring (bicyclic) bond motifs is 2. The van der Waals surface area contributed by atoms with Crippen molar-refractivity contribution in [1.82, 2.24) is 10.2 Å². The molecule has 1 spiro atoms. The third kappa shape index (κ3) is 5.09. The van der Waals surface area contributed by atoms with Crippen molar-refractivity contribution in [2.45, 2.75) is 67.5 Å². The SMILES string of the molecule is C[C@]12CCC3(S1)C(C(=O)Nc1ccc4ccccc4c1)N(CCCCCCO)C(=O)[C@@H]3[C@H]2C(=O)NCc1ccccc1. The van der Waals surface area contributed by atoms with Crippen molar-refractivity contribution in [2.75, 3.05) is 18.5 Å². The summed E-state index contributed by atoms with van der Waals surface area (Å²) in [6, 6.07) is 23.0. The summed E-state index contributed by atoms with van der Waals surface area (Å²) < 4.78 is -1.05. The molecular weight excluding hydrogens is 546 g/mol. The molecule has 0 aromatic heterocycles. The quantitative estimate of drug-likeness (QED) is 0.271. The smallest absolute Gasteiger partial charge is 0.248 e. The first-order valence-electron chi connectivity index (χ1n) is 15.1. The number of nitrogens with zero attached hydrogens (tertiary/aromatic N) is 1. The summed E-state index contributed by atoms with van der Waals surface area (Å²) in [5.41, 5.74) is 1.71. The second-order valence-corrected chi connectivity index (χ2v) is 14.0. The summed E-state index contributed by atoms with van der Waals surface area (Å²) in [5, 5.41) is 17.6. The van der Waals surface area contributed by atoms with Crippen LogP contribution in [0.3, 0.4) is 0 Å². The van der Waals surface area contributed by atoms with Crippen molar-refractivity contribution in [3.8, 4) is 0 Å². The zero-order valence-corrected chi connectivity index (χ0v) is 24.9. The highest BCUT2D eigenvalue weighted by atomic mass is 32.2. The second-order valence-electron chi connectivity index (χ2n) is 12.2. The third-order valence-electron chi connectivity index (χ3n) is 9.44. The Hall–Kier alpha value is -3.36. The van der Waals surface area contributed by atoms with E-state index in [0.29, 0.717) is 18.8 Å². The molecule has 3 heterocycles. The minimum atomic E-state index is -0.655. The predicted molar refractivity (Wildman–Crippen MR) is 167 cm³/mol. The number of carbonyl (C=O) groups is 3. The Morgan fingerprint density at radius 2 is 1.67 bits per heavy atom. The van der Waals surface area contributed by atoms with Crippen LogP contribution in [0.4, 0.5) is 5.69 Å². The van der Waals surface area contributed by atoms with Gasteiger partial charge in [-0.15, -0.1) is 11.8 Å². The van der Waals surface area contributed by atoms with Gasteiger partial charge >= 0.3 is 0 Å². The fourth-order valence-corrected chi connectivity index (χ4v) is 9.84. The average Bonchev–Trinajstić information content (AvgIpc) is 3.56. The summed E-state index contributed by atoms with van der Waals surface area (Å²) in [6.45, 7) is 3.13. The Morgan fingerprint density at radius 1 is 0.929 bits per heavy atom. The zero-order valence-electron chi connectivity index (χ0n) is 24.1. The summed E-state index contributed by atoms with van der Waals surface area (Å²) >= 11 is 1.70. The van der Waals surface area contributed by atoms with E-state index in [1.54, 1.807) is 16.7 Å². The molecule has 0 saturated carbocycles. The number of hydrogen-bond donors (Lipinski definition) is 3. The van der Waals surface area contributed by atoms with E-state index in [9.17, 15) is 19.5 Å². The third-order valence-corrected chi connectivity index (χ3v) is 11.4. The fourth-order valence-electron chi connectivity index (χ4n) is 7.49. The lowest BCUT2D eigenvalue weighted by Gasteiger charge is -2.35. The minimum absolute atomic E-state index is 0.0772. The van der Waals surface area contributed by atoms with Gasteiger partial charge in [0.2, 0.25) is 17.7 Å². The molecule has 6 rings (SSSR count). The molecule has 5 atom stereocenters. The Kier molecular flexibility index (Phi) is 8.03. The maximum atomic E-state index is 14.3. The highest BCUT2D eigenvalue weighted by molar-refractivity contribution is 8.02. The van der Waals surface area contributed by atoms with Gasteiger partial charge < -0.3 is 20.6 Å². The van der Waals surface area contributed by atoms with E-state index in [0.717, 1.165) is 54.9 Å². The number of thioether (sulfide) groups is 1. The lowest BCUT2D eigenvalue weighted by molar-refractivity contribution is -0.140. The van der Waals surface area contributed by atoms with Crippen LogP contribution in [-0.4, -0.2) is 56.4 Å². The lowest BCUT2D eigenvalue weighted by Crippen LogP contribution is -2.52. The van der Waals surface area contributed by atoms with Gasteiger partial charge in [0.25, 0.3) is 0 Å². The van der Waals surface area contributed by atoms with E-state index >= 15 is 0 Å². The zero-order chi connectivity index (χ0) is 29.3. The Bertz CT molecular complexity index is 1480. The number of aliphatic hydroxyl groups is 1. The monoisotopic (exact) mass is 585 g/mol. The van der Waals surface area contributed by atoms with Crippen LogP contribution in [0.5, 0.6) is 0 Å². The molecule has 2 bridgehead atoms. The van der Waals surface area contributed by atoms with Crippen molar-refractivity contribution in [3.63, 3.8) is 0 Å². The maximum Gasteiger partial charge on any atom is 0.248 e. The number of anilines is 1. The van der Waals surface area contributed by atoms with Crippen LogP contribution >= 0.6 is 11.8 Å². The van der Waals surface area contributed by atoms with Crippen LogP contribution in [0.2, 0.25) is 0 Å². The highest BCUT2D eigenvalue weighted by Gasteiger charge is 2.77. The van der Waals surface area contributed by atoms with Crippen molar-refractivity contribution in [2.24, 2.45) is 11.8 Å². The van der Waals surface area contributed by atoms with Gasteiger partial charge in [-0.1, -0.05) is 73.5 Å². The number of rotatable bonds is 11. The molecule has 3 aromatic rings. The van der Waals surface area contributed by atoms with E-state index in [4.69, 9.17) is 0 Å². The van der Waals surface area contributed by atoms with Crippen LogP contribution in [0, 0.1) is 11.8 Å². The van der Waals surface area contributed by atoms with Gasteiger partial charge in [0.15, 0.2) is 0 Å². The van der Waals surface area contributed by atoms with E-state index in [1.807, 2.05) is 72.8 Å². The maximum absolute atomic E-state index is 14.3. The Balaban J connectivity index is 1.28. The molecule has 8 heteroatoms. The summed E-state index contributed by atoms with van der Waals surface area (Å²) in [4.78, 5) is 44.1. The van der Waals surface area contributed by atoms with Crippen molar-refractivity contribution in [1.29, 1.82) is 0 Å². The number of carbonyl (C=O) groups excluding carboxylic acids is 3. The largest absolute Gasteiger partial charge is 0.396 e. The molecule has 3 N–H and O–H groups in total. The number of hydrogen-bond acceptors (Lipinski definition) is 5. The molecular formula is C34H39N3O4S. The molecule has 3 aliphatic rings. The van der Waals surface area contributed by atoms with E-state index < -0.39 is 27.4 Å². The lowest BCUT2D eigenvalue weighted by atomic mass is 9.66. The van der Waals surface area contributed by atoms with Gasteiger partial charge in [-0.05, 0) is 61.1 Å². The molecule has 2 unspecified atom stereocenters. The number of amides is 3. The molecule has 3 aliphatic heterocycles. The number of benzene rings is 3. The van der Waals surface area contributed by atoms with E-state index in [-0.39, 0.29) is 24.3 Å². The van der Waals surface area contributed by atoms with E-state index in [1.165, 1.54) is 0 Å². The Morgan fingerprint density at radius 3 is 2.45 bits per heavy atom. The predicted octanol–water partition coefficient (Wildman–Crippen LogP) is 5.13. The second kappa shape index (κ2) is 11.7. The molecule has 42 heavy (non-hydrogen) atoms. The van der Waals surface area contributed by atoms with Gasteiger partial charge in [0, 0.05) is 30.1 Å². The van der Waals surface area contributed by atoms with Crippen molar-refractivity contribution >= 4 is 45.9 Å². The van der Waals surface area contributed by atoms with Crippen molar-refractivity contribution in [3.05, 3.63) is 78.4 Å². The summed E-state index contributed by atoms with van der Waals surface area (Å²) in [6.07, 6.45) is 4.73. The van der Waals surface area contributed by atoms with Crippen LogP contribution < -0.4 is 10.6 Å². The highest BCUT2D eigenvalue weighted by Crippen LogP contribution is 2.71. The van der Waals surface area contributed by atoms with Crippen LogP contribution in [0.1, 0.15) is 51.0 Å². The van der Waals surface area contributed by atoms with Crippen LogP contribution in [-0.2, 0) is 20.9 Å². The fraction of sp³-hybridized carbons (Fsp3) is 0.441. The van der Waals surface area contributed by atoms with Gasteiger partial charge in [-0.3, -0.25) is 14.4 Å². The number of aliphatic hydroxyl groups excluding tert-OH is 1. The molecule has 3 fully saturated rings. The molecule has 220 valence electrons.